The van der Waals surface area contributed by atoms with Crippen molar-refractivity contribution in [3.8, 4) is 0 Å². The molecular weight excluding hydrogens is 378 g/mol. The third kappa shape index (κ3) is 4.44. The molecule has 9 nitrogen and oxygen atoms in total. The van der Waals surface area contributed by atoms with E-state index < -0.39 is 30.4 Å². The second-order valence-corrected chi connectivity index (χ2v) is 7.32. The number of amides is 4. The van der Waals surface area contributed by atoms with Crippen LogP contribution in [0.3, 0.4) is 0 Å². The third-order valence-corrected chi connectivity index (χ3v) is 5.33. The molecule has 3 atom stereocenters. The van der Waals surface area contributed by atoms with Gasteiger partial charge in [-0.3, -0.25) is 28.9 Å². The highest BCUT2D eigenvalue weighted by Crippen LogP contribution is 2.37. The second kappa shape index (κ2) is 8.42. The number of nitrogens with one attached hydrogen (secondary N) is 1. The van der Waals surface area contributed by atoms with E-state index in [1.165, 1.54) is 31.2 Å². The predicted molar refractivity (Wildman–Crippen MR) is 101 cm³/mol. The number of hydrogen-bond acceptors (Lipinski definition) is 6. The fourth-order valence-electron chi connectivity index (χ4n) is 3.77. The number of likely N-dealkylation sites (tertiary alicyclic amines) is 1. The first-order valence-corrected chi connectivity index (χ1v) is 9.53. The number of benzene rings is 1. The van der Waals surface area contributed by atoms with Crippen LogP contribution in [0.2, 0.25) is 0 Å². The first kappa shape index (κ1) is 20.5. The highest BCUT2D eigenvalue weighted by atomic mass is 16.5. The normalized spacial score (nSPS) is 22.0. The van der Waals surface area contributed by atoms with Crippen LogP contribution < -0.4 is 11.1 Å². The molecule has 1 aromatic rings. The Morgan fingerprint density at radius 3 is 2.17 bits per heavy atom. The number of nitrogens with zero attached hydrogens (tertiary/aromatic N) is 1. The zero-order chi connectivity index (χ0) is 21.1. The standard InChI is InChI=1S/C20H23N3O6/c1-11(18(26)22-13-8-6-12(7-9-13)17(21)25)29-16(24)10-23-19(27)14-4-2-3-5-15(14)20(23)28/h6-9,11,14-15H,2-5,10H2,1H3,(H2,21,25)(H,22,26)/t11-,14-,15+/m1/s1. The van der Waals surface area contributed by atoms with Gasteiger partial charge in [0.05, 0.1) is 11.8 Å². The van der Waals surface area contributed by atoms with Crippen LogP contribution in [0.4, 0.5) is 5.69 Å². The summed E-state index contributed by atoms with van der Waals surface area (Å²) in [4.78, 5) is 61.2. The zero-order valence-corrected chi connectivity index (χ0v) is 16.1. The molecule has 1 aromatic carbocycles. The van der Waals surface area contributed by atoms with E-state index in [0.717, 1.165) is 17.7 Å². The van der Waals surface area contributed by atoms with E-state index in [1.807, 2.05) is 0 Å². The molecule has 1 heterocycles. The molecule has 1 aliphatic carbocycles. The minimum Gasteiger partial charge on any atom is -0.451 e. The van der Waals surface area contributed by atoms with E-state index in [4.69, 9.17) is 10.5 Å². The number of nitrogens with two attached hydrogens (primary N) is 1. The molecule has 2 fully saturated rings. The lowest BCUT2D eigenvalue weighted by atomic mass is 9.81. The van der Waals surface area contributed by atoms with E-state index in [2.05, 4.69) is 5.32 Å². The fourth-order valence-corrected chi connectivity index (χ4v) is 3.77. The maximum atomic E-state index is 12.4. The van der Waals surface area contributed by atoms with Crippen LogP contribution in [-0.4, -0.2) is 47.1 Å². The number of esters is 1. The number of primary amides is 1. The maximum Gasteiger partial charge on any atom is 0.326 e. The van der Waals surface area contributed by atoms with Gasteiger partial charge in [-0.1, -0.05) is 12.8 Å². The Bertz CT molecular complexity index is 826. The van der Waals surface area contributed by atoms with E-state index in [0.29, 0.717) is 24.1 Å². The summed E-state index contributed by atoms with van der Waals surface area (Å²) in [6.07, 6.45) is 1.99. The van der Waals surface area contributed by atoms with Crippen LogP contribution in [0.5, 0.6) is 0 Å². The summed E-state index contributed by atoms with van der Waals surface area (Å²) in [5, 5.41) is 2.55. The van der Waals surface area contributed by atoms with Gasteiger partial charge in [0.25, 0.3) is 5.91 Å². The van der Waals surface area contributed by atoms with Crippen molar-refractivity contribution in [3.63, 3.8) is 0 Å². The quantitative estimate of drug-likeness (QED) is 0.535. The topological polar surface area (TPSA) is 136 Å². The van der Waals surface area contributed by atoms with E-state index in [-0.39, 0.29) is 23.7 Å². The molecule has 0 spiro atoms. The summed E-state index contributed by atoms with van der Waals surface area (Å²) in [7, 11) is 0. The molecule has 0 unspecified atom stereocenters. The molecule has 29 heavy (non-hydrogen) atoms. The molecule has 0 aromatic heterocycles. The van der Waals surface area contributed by atoms with E-state index >= 15 is 0 Å². The van der Waals surface area contributed by atoms with Gasteiger partial charge >= 0.3 is 5.97 Å². The largest absolute Gasteiger partial charge is 0.451 e. The van der Waals surface area contributed by atoms with Gasteiger partial charge in [0, 0.05) is 11.3 Å². The molecule has 2 aliphatic rings. The molecule has 0 radical (unpaired) electrons. The van der Waals surface area contributed by atoms with Crippen molar-refractivity contribution < 1.29 is 28.7 Å². The lowest BCUT2D eigenvalue weighted by molar-refractivity contribution is -0.158. The Morgan fingerprint density at radius 2 is 1.66 bits per heavy atom. The van der Waals surface area contributed by atoms with Crippen molar-refractivity contribution >= 4 is 35.3 Å². The number of imide groups is 1. The molecular formula is C20H23N3O6. The number of hydrogen-bond donors (Lipinski definition) is 2. The smallest absolute Gasteiger partial charge is 0.326 e. The number of fused-ring (bicyclic) bond motifs is 1. The fraction of sp³-hybridized carbons (Fsp3) is 0.450. The van der Waals surface area contributed by atoms with Gasteiger partial charge in [-0.25, -0.2) is 0 Å². The lowest BCUT2D eigenvalue weighted by Crippen LogP contribution is -2.39. The molecule has 1 aliphatic heterocycles. The Balaban J connectivity index is 1.53. The van der Waals surface area contributed by atoms with E-state index in [9.17, 15) is 24.0 Å². The third-order valence-electron chi connectivity index (χ3n) is 5.33. The summed E-state index contributed by atoms with van der Waals surface area (Å²) in [6, 6.07) is 5.91. The first-order valence-electron chi connectivity index (χ1n) is 9.53. The summed E-state index contributed by atoms with van der Waals surface area (Å²) >= 11 is 0. The summed E-state index contributed by atoms with van der Waals surface area (Å²) < 4.78 is 5.09. The van der Waals surface area contributed by atoms with Gasteiger partial charge in [-0.05, 0) is 44.0 Å². The van der Waals surface area contributed by atoms with Crippen molar-refractivity contribution in [2.24, 2.45) is 17.6 Å². The van der Waals surface area contributed by atoms with Crippen molar-refractivity contribution in [1.29, 1.82) is 0 Å². The van der Waals surface area contributed by atoms with Gasteiger partial charge < -0.3 is 15.8 Å². The summed E-state index contributed by atoms with van der Waals surface area (Å²) in [5.74, 6) is -3.33. The average Bonchev–Trinajstić information content (AvgIpc) is 2.93. The van der Waals surface area contributed by atoms with Crippen molar-refractivity contribution in [1.82, 2.24) is 4.90 Å². The van der Waals surface area contributed by atoms with E-state index in [1.54, 1.807) is 0 Å². The number of rotatable bonds is 6. The predicted octanol–water partition coefficient (Wildman–Crippen LogP) is 0.831. The average molecular weight is 401 g/mol. The molecule has 3 N–H and O–H groups in total. The molecule has 1 saturated heterocycles. The van der Waals surface area contributed by atoms with Crippen LogP contribution >= 0.6 is 0 Å². The number of ether oxygens (including phenoxy) is 1. The Hall–Kier alpha value is -3.23. The van der Waals surface area contributed by atoms with Crippen molar-refractivity contribution in [2.75, 3.05) is 11.9 Å². The number of carbonyl (C=O) groups is 5. The van der Waals surface area contributed by atoms with Crippen molar-refractivity contribution in [2.45, 2.75) is 38.7 Å². The number of anilines is 1. The lowest BCUT2D eigenvalue weighted by Gasteiger charge is -2.19. The SMILES string of the molecule is C[C@@H](OC(=O)CN1C(=O)[C@H]2CCCC[C@H]2C1=O)C(=O)Nc1ccc(C(N)=O)cc1. The molecule has 4 amide bonds. The molecule has 154 valence electrons. The van der Waals surface area contributed by atoms with Gasteiger partial charge in [-0.2, -0.15) is 0 Å². The minimum absolute atomic E-state index is 0.294. The van der Waals surface area contributed by atoms with Gasteiger partial charge in [-0.15, -0.1) is 0 Å². The zero-order valence-electron chi connectivity index (χ0n) is 16.1. The Kier molecular flexibility index (Phi) is 5.95. The first-order chi connectivity index (χ1) is 13.8. The monoisotopic (exact) mass is 401 g/mol. The van der Waals surface area contributed by atoms with Gasteiger partial charge in [0.15, 0.2) is 6.10 Å². The maximum absolute atomic E-state index is 12.4. The highest BCUT2D eigenvalue weighted by Gasteiger charge is 2.48. The van der Waals surface area contributed by atoms with Crippen molar-refractivity contribution in [3.05, 3.63) is 29.8 Å². The van der Waals surface area contributed by atoms with Gasteiger partial charge in [0.2, 0.25) is 17.7 Å². The Morgan fingerprint density at radius 1 is 1.10 bits per heavy atom. The summed E-state index contributed by atoms with van der Waals surface area (Å²) in [6.45, 7) is 0.897. The number of carbonyl (C=O) groups excluding carboxylic acids is 5. The molecule has 1 saturated carbocycles. The van der Waals surface area contributed by atoms with Gasteiger partial charge in [0.1, 0.15) is 6.54 Å². The summed E-state index contributed by atoms with van der Waals surface area (Å²) in [5.41, 5.74) is 5.85. The van der Waals surface area contributed by atoms with Crippen LogP contribution in [0.1, 0.15) is 43.0 Å². The van der Waals surface area contributed by atoms with Crippen LogP contribution in [0, 0.1) is 11.8 Å². The highest BCUT2D eigenvalue weighted by molar-refractivity contribution is 6.07. The molecule has 0 bridgehead atoms. The molecule has 3 rings (SSSR count). The second-order valence-electron chi connectivity index (χ2n) is 7.32. The minimum atomic E-state index is -1.13. The van der Waals surface area contributed by atoms with Crippen LogP contribution in [0.15, 0.2) is 24.3 Å². The van der Waals surface area contributed by atoms with Crippen LogP contribution in [0.25, 0.3) is 0 Å². The molecule has 9 heteroatoms. The van der Waals surface area contributed by atoms with Crippen LogP contribution in [-0.2, 0) is 23.9 Å². The Labute approximate surface area is 167 Å².